The van der Waals surface area contributed by atoms with E-state index in [0.717, 1.165) is 30.0 Å². The van der Waals surface area contributed by atoms with Crippen LogP contribution in [0, 0.1) is 0 Å². The third-order valence-corrected chi connectivity index (χ3v) is 4.99. The molecule has 0 saturated carbocycles. The number of ether oxygens (including phenoxy) is 1. The second kappa shape index (κ2) is 9.20. The summed E-state index contributed by atoms with van der Waals surface area (Å²) in [6, 6.07) is 11.6. The Balaban J connectivity index is 1.47. The predicted molar refractivity (Wildman–Crippen MR) is 108 cm³/mol. The number of nitrogens with zero attached hydrogens (tertiary/aromatic N) is 2. The molecular formula is C21H26ClN3O2. The van der Waals surface area contributed by atoms with Crippen molar-refractivity contribution in [3.05, 3.63) is 58.7 Å². The summed E-state index contributed by atoms with van der Waals surface area (Å²) in [5.41, 5.74) is 1.98. The quantitative estimate of drug-likeness (QED) is 0.822. The Hall–Kier alpha value is -2.11. The van der Waals surface area contributed by atoms with Crippen LogP contribution in [0.3, 0.4) is 0 Å². The zero-order chi connectivity index (χ0) is 19.2. The molecule has 0 aliphatic carbocycles. The summed E-state index contributed by atoms with van der Waals surface area (Å²) in [5, 5.41) is 3.65. The molecule has 1 aliphatic heterocycles. The number of carbonyl (C=O) groups excluding carboxylic acids is 1. The lowest BCUT2D eigenvalue weighted by Gasteiger charge is -2.36. The monoisotopic (exact) mass is 387 g/mol. The van der Waals surface area contributed by atoms with Gasteiger partial charge in [-0.05, 0) is 43.5 Å². The molecule has 0 radical (unpaired) electrons. The van der Waals surface area contributed by atoms with Crippen LogP contribution >= 0.6 is 11.6 Å². The number of rotatable bonds is 6. The van der Waals surface area contributed by atoms with Crippen LogP contribution in [-0.4, -0.2) is 36.2 Å². The normalized spacial score (nSPS) is 19.7. The number of amides is 1. The van der Waals surface area contributed by atoms with E-state index in [2.05, 4.69) is 29.0 Å². The molecule has 1 saturated heterocycles. The highest BCUT2D eigenvalue weighted by molar-refractivity contribution is 6.31. The minimum atomic E-state index is 0.00910. The Morgan fingerprint density at radius 1 is 1.22 bits per heavy atom. The van der Waals surface area contributed by atoms with E-state index in [9.17, 15) is 4.79 Å². The van der Waals surface area contributed by atoms with Gasteiger partial charge in [-0.3, -0.25) is 4.79 Å². The number of nitrogens with one attached hydrogen (secondary N) is 1. The maximum Gasteiger partial charge on any atom is 0.220 e. The van der Waals surface area contributed by atoms with Crippen LogP contribution in [-0.2, 0) is 22.5 Å². The number of aryl methyl sites for hydroxylation is 1. The average Bonchev–Trinajstić information content (AvgIpc) is 2.65. The summed E-state index contributed by atoms with van der Waals surface area (Å²) in [6.45, 7) is 6.32. The van der Waals surface area contributed by atoms with Crippen LogP contribution in [0.4, 0.5) is 5.82 Å². The molecule has 144 valence electrons. The highest BCUT2D eigenvalue weighted by atomic mass is 35.5. The van der Waals surface area contributed by atoms with Gasteiger partial charge in [-0.2, -0.15) is 0 Å². The summed E-state index contributed by atoms with van der Waals surface area (Å²) in [6.07, 6.45) is 3.28. The molecule has 2 atom stereocenters. The van der Waals surface area contributed by atoms with Gasteiger partial charge < -0.3 is 15.0 Å². The van der Waals surface area contributed by atoms with E-state index < -0.39 is 0 Å². The van der Waals surface area contributed by atoms with E-state index in [1.165, 1.54) is 0 Å². The van der Waals surface area contributed by atoms with Gasteiger partial charge in [-0.25, -0.2) is 4.98 Å². The molecule has 2 heterocycles. The van der Waals surface area contributed by atoms with Gasteiger partial charge in [-0.15, -0.1) is 0 Å². The Labute approximate surface area is 165 Å². The zero-order valence-corrected chi connectivity index (χ0v) is 16.6. The SMILES string of the molecule is C[C@H]1CN(c2ccc(CNC(=O)CCc3ccccc3Cl)cn2)C[C@H](C)O1. The molecule has 1 aromatic carbocycles. The first-order valence-corrected chi connectivity index (χ1v) is 9.74. The smallest absolute Gasteiger partial charge is 0.220 e. The molecule has 6 heteroatoms. The van der Waals surface area contributed by atoms with E-state index in [4.69, 9.17) is 16.3 Å². The van der Waals surface area contributed by atoms with Crippen molar-refractivity contribution in [2.45, 2.75) is 45.4 Å². The van der Waals surface area contributed by atoms with E-state index in [1.807, 2.05) is 42.6 Å². The first kappa shape index (κ1) is 19.6. The van der Waals surface area contributed by atoms with Gasteiger partial charge in [0.15, 0.2) is 0 Å². The lowest BCUT2D eigenvalue weighted by molar-refractivity contribution is -0.121. The lowest BCUT2D eigenvalue weighted by Crippen LogP contribution is -2.45. The number of hydrogen-bond donors (Lipinski definition) is 1. The van der Waals surface area contributed by atoms with Crippen molar-refractivity contribution in [1.29, 1.82) is 0 Å². The summed E-state index contributed by atoms with van der Waals surface area (Å²) >= 11 is 6.13. The molecule has 1 aromatic heterocycles. The fourth-order valence-corrected chi connectivity index (χ4v) is 3.54. The van der Waals surface area contributed by atoms with Crippen molar-refractivity contribution in [1.82, 2.24) is 10.3 Å². The molecule has 0 spiro atoms. The summed E-state index contributed by atoms with van der Waals surface area (Å²) in [7, 11) is 0. The van der Waals surface area contributed by atoms with Crippen molar-refractivity contribution in [2.75, 3.05) is 18.0 Å². The Bertz CT molecular complexity index is 756. The fraction of sp³-hybridized carbons (Fsp3) is 0.429. The second-order valence-corrected chi connectivity index (χ2v) is 7.46. The minimum absolute atomic E-state index is 0.00910. The van der Waals surface area contributed by atoms with Crippen molar-refractivity contribution in [2.24, 2.45) is 0 Å². The van der Waals surface area contributed by atoms with Gasteiger partial charge in [0.1, 0.15) is 5.82 Å². The highest BCUT2D eigenvalue weighted by Crippen LogP contribution is 2.19. The molecule has 0 bridgehead atoms. The van der Waals surface area contributed by atoms with Crippen LogP contribution in [0.15, 0.2) is 42.6 Å². The van der Waals surface area contributed by atoms with Gasteiger partial charge in [0, 0.05) is 37.3 Å². The number of benzene rings is 1. The van der Waals surface area contributed by atoms with E-state index in [-0.39, 0.29) is 18.1 Å². The van der Waals surface area contributed by atoms with Crippen molar-refractivity contribution in [3.63, 3.8) is 0 Å². The standard InChI is InChI=1S/C21H26ClN3O2/c1-15-13-25(14-16(2)27-15)20-9-7-17(11-23-20)12-24-21(26)10-8-18-5-3-4-6-19(18)22/h3-7,9,11,15-16H,8,10,12-14H2,1-2H3,(H,24,26)/t15-,16-/m0/s1. The van der Waals surface area contributed by atoms with E-state index in [0.29, 0.717) is 24.4 Å². The number of aromatic nitrogens is 1. The van der Waals surface area contributed by atoms with Crippen LogP contribution in [0.2, 0.25) is 5.02 Å². The molecule has 1 amide bonds. The molecule has 1 aliphatic rings. The minimum Gasteiger partial charge on any atom is -0.372 e. The number of pyridine rings is 1. The molecule has 2 aromatic rings. The van der Waals surface area contributed by atoms with Crippen LogP contribution in [0.25, 0.3) is 0 Å². The maximum absolute atomic E-state index is 12.1. The number of morpholine rings is 1. The van der Waals surface area contributed by atoms with Crippen molar-refractivity contribution >= 4 is 23.3 Å². The Morgan fingerprint density at radius 2 is 1.96 bits per heavy atom. The van der Waals surface area contributed by atoms with Gasteiger partial charge in [0.05, 0.1) is 12.2 Å². The summed E-state index contributed by atoms with van der Waals surface area (Å²) in [4.78, 5) is 18.9. The highest BCUT2D eigenvalue weighted by Gasteiger charge is 2.22. The van der Waals surface area contributed by atoms with Crippen molar-refractivity contribution in [3.8, 4) is 0 Å². The van der Waals surface area contributed by atoms with Gasteiger partial charge >= 0.3 is 0 Å². The summed E-state index contributed by atoms with van der Waals surface area (Å²) in [5.74, 6) is 0.959. The third kappa shape index (κ3) is 5.68. The predicted octanol–water partition coefficient (Wildman–Crippen LogP) is 3.60. The number of anilines is 1. The number of hydrogen-bond acceptors (Lipinski definition) is 4. The van der Waals surface area contributed by atoms with Gasteiger partial charge in [0.2, 0.25) is 5.91 Å². The molecule has 3 rings (SSSR count). The first-order valence-electron chi connectivity index (χ1n) is 9.36. The van der Waals surface area contributed by atoms with Gasteiger partial charge in [0.25, 0.3) is 0 Å². The van der Waals surface area contributed by atoms with E-state index >= 15 is 0 Å². The van der Waals surface area contributed by atoms with Crippen LogP contribution in [0.5, 0.6) is 0 Å². The maximum atomic E-state index is 12.1. The van der Waals surface area contributed by atoms with Crippen LogP contribution in [0.1, 0.15) is 31.4 Å². The number of carbonyl (C=O) groups is 1. The largest absolute Gasteiger partial charge is 0.372 e. The molecule has 1 N–H and O–H groups in total. The number of halogens is 1. The average molecular weight is 388 g/mol. The lowest BCUT2D eigenvalue weighted by atomic mass is 10.1. The molecule has 5 nitrogen and oxygen atoms in total. The Morgan fingerprint density at radius 3 is 2.63 bits per heavy atom. The van der Waals surface area contributed by atoms with Crippen LogP contribution < -0.4 is 10.2 Å². The third-order valence-electron chi connectivity index (χ3n) is 4.62. The second-order valence-electron chi connectivity index (χ2n) is 7.06. The molecule has 27 heavy (non-hydrogen) atoms. The first-order chi connectivity index (χ1) is 13.0. The zero-order valence-electron chi connectivity index (χ0n) is 15.8. The van der Waals surface area contributed by atoms with E-state index in [1.54, 1.807) is 0 Å². The fourth-order valence-electron chi connectivity index (χ4n) is 3.31. The summed E-state index contributed by atoms with van der Waals surface area (Å²) < 4.78 is 5.76. The Kier molecular flexibility index (Phi) is 6.69. The van der Waals surface area contributed by atoms with Gasteiger partial charge in [-0.1, -0.05) is 35.9 Å². The molecular weight excluding hydrogens is 362 g/mol. The molecule has 1 fully saturated rings. The topological polar surface area (TPSA) is 54.5 Å². The molecule has 0 unspecified atom stereocenters. The van der Waals surface area contributed by atoms with Crippen molar-refractivity contribution < 1.29 is 9.53 Å².